The van der Waals surface area contributed by atoms with E-state index >= 15 is 0 Å². The van der Waals surface area contributed by atoms with E-state index in [2.05, 4.69) is 10.3 Å². The molecule has 2 aromatic carbocycles. The molecule has 0 aliphatic carbocycles. The van der Waals surface area contributed by atoms with E-state index in [-0.39, 0.29) is 28.3 Å². The summed E-state index contributed by atoms with van der Waals surface area (Å²) in [6, 6.07) is 12.1. The molecule has 1 amide bonds. The van der Waals surface area contributed by atoms with E-state index in [1.165, 1.54) is 54.7 Å². The number of pyridine rings is 1. The van der Waals surface area contributed by atoms with Gasteiger partial charge in [0.2, 0.25) is 5.91 Å². The van der Waals surface area contributed by atoms with Crippen LogP contribution in [-0.4, -0.2) is 20.0 Å². The van der Waals surface area contributed by atoms with Gasteiger partial charge in [0, 0.05) is 11.2 Å². The van der Waals surface area contributed by atoms with Crippen molar-refractivity contribution in [3.05, 3.63) is 104 Å². The first-order valence-corrected chi connectivity index (χ1v) is 9.79. The summed E-state index contributed by atoms with van der Waals surface area (Å²) in [5.41, 5.74) is -0.943. The Morgan fingerprint density at radius 3 is 2.50 bits per heavy atom. The highest BCUT2D eigenvalue weighted by atomic mass is 35.5. The molecular formula is C22H15ClF2N4O3. The summed E-state index contributed by atoms with van der Waals surface area (Å²) < 4.78 is 29.2. The average Bonchev–Trinajstić information content (AvgIpc) is 2.77. The first-order chi connectivity index (χ1) is 15.3. The normalized spacial score (nSPS) is 11.0. The van der Waals surface area contributed by atoms with Gasteiger partial charge in [-0.25, -0.2) is 18.6 Å². The van der Waals surface area contributed by atoms with Crippen LogP contribution in [0.5, 0.6) is 0 Å². The van der Waals surface area contributed by atoms with Gasteiger partial charge in [-0.05, 0) is 48.0 Å². The lowest BCUT2D eigenvalue weighted by Crippen LogP contribution is -2.42. The third kappa shape index (κ3) is 4.28. The fourth-order valence-electron chi connectivity index (χ4n) is 3.23. The smallest absolute Gasteiger partial charge is 0.322 e. The summed E-state index contributed by atoms with van der Waals surface area (Å²) in [6.07, 6.45) is 1.39. The molecule has 10 heteroatoms. The van der Waals surface area contributed by atoms with Gasteiger partial charge in [0.05, 0.1) is 17.6 Å². The number of benzene rings is 2. The predicted molar refractivity (Wildman–Crippen MR) is 116 cm³/mol. The number of amides is 1. The Labute approximate surface area is 184 Å². The van der Waals surface area contributed by atoms with E-state index < -0.39 is 35.3 Å². The van der Waals surface area contributed by atoms with E-state index in [0.29, 0.717) is 5.56 Å². The number of fused-ring (bicyclic) bond motifs is 1. The standard InChI is InChI=1S/C22H15ClF2N4O3/c23-14-5-8-18(17(25)10-14)27-19(30)12-28-20-16(2-1-9-26-20)21(31)29(22(28)32)11-13-3-6-15(24)7-4-13/h1-10H,11-12H2,(H,27,30). The summed E-state index contributed by atoms with van der Waals surface area (Å²) in [4.78, 5) is 42.7. The van der Waals surface area contributed by atoms with E-state index in [0.717, 1.165) is 15.2 Å². The molecule has 0 aliphatic heterocycles. The van der Waals surface area contributed by atoms with Crippen LogP contribution in [0.25, 0.3) is 11.0 Å². The van der Waals surface area contributed by atoms with Crippen molar-refractivity contribution in [3.63, 3.8) is 0 Å². The van der Waals surface area contributed by atoms with E-state index in [1.807, 2.05) is 0 Å². The monoisotopic (exact) mass is 456 g/mol. The molecular weight excluding hydrogens is 442 g/mol. The first-order valence-electron chi connectivity index (χ1n) is 9.41. The second-order valence-corrected chi connectivity index (χ2v) is 7.37. The van der Waals surface area contributed by atoms with E-state index in [4.69, 9.17) is 11.6 Å². The van der Waals surface area contributed by atoms with Crippen LogP contribution in [0.4, 0.5) is 14.5 Å². The highest BCUT2D eigenvalue weighted by Gasteiger charge is 2.17. The molecule has 4 rings (SSSR count). The molecule has 0 unspecified atom stereocenters. The molecule has 7 nitrogen and oxygen atoms in total. The van der Waals surface area contributed by atoms with Crippen LogP contribution in [0.15, 0.2) is 70.4 Å². The van der Waals surface area contributed by atoms with Gasteiger partial charge in [-0.2, -0.15) is 0 Å². The Morgan fingerprint density at radius 1 is 1.03 bits per heavy atom. The summed E-state index contributed by atoms with van der Waals surface area (Å²) in [7, 11) is 0. The van der Waals surface area contributed by atoms with Crippen molar-refractivity contribution >= 4 is 34.2 Å². The zero-order chi connectivity index (χ0) is 22.8. The molecule has 32 heavy (non-hydrogen) atoms. The number of rotatable bonds is 5. The number of nitrogens with one attached hydrogen (secondary N) is 1. The summed E-state index contributed by atoms with van der Waals surface area (Å²) in [5.74, 6) is -1.89. The summed E-state index contributed by atoms with van der Waals surface area (Å²) in [6.45, 7) is -0.645. The molecule has 0 fully saturated rings. The molecule has 0 bridgehead atoms. The zero-order valence-electron chi connectivity index (χ0n) is 16.4. The van der Waals surface area contributed by atoms with Gasteiger partial charge in [0.25, 0.3) is 5.56 Å². The number of halogens is 3. The molecule has 0 aliphatic rings. The minimum Gasteiger partial charge on any atom is -0.322 e. The average molecular weight is 457 g/mol. The highest BCUT2D eigenvalue weighted by Crippen LogP contribution is 2.19. The van der Waals surface area contributed by atoms with Gasteiger partial charge >= 0.3 is 5.69 Å². The second-order valence-electron chi connectivity index (χ2n) is 6.93. The Hall–Kier alpha value is -3.85. The quantitative estimate of drug-likeness (QED) is 0.500. The molecule has 2 aromatic heterocycles. The van der Waals surface area contributed by atoms with Gasteiger partial charge in [-0.15, -0.1) is 0 Å². The van der Waals surface area contributed by atoms with Gasteiger partial charge in [-0.1, -0.05) is 23.7 Å². The van der Waals surface area contributed by atoms with Crippen LogP contribution >= 0.6 is 11.6 Å². The Balaban J connectivity index is 1.74. The number of nitrogens with zero attached hydrogens (tertiary/aromatic N) is 3. The van der Waals surface area contributed by atoms with Crippen molar-refractivity contribution in [1.82, 2.24) is 14.1 Å². The lowest BCUT2D eigenvalue weighted by molar-refractivity contribution is -0.116. The molecule has 1 N–H and O–H groups in total. The lowest BCUT2D eigenvalue weighted by Gasteiger charge is -2.14. The van der Waals surface area contributed by atoms with Crippen molar-refractivity contribution in [2.24, 2.45) is 0 Å². The minimum absolute atomic E-state index is 0.0181. The van der Waals surface area contributed by atoms with E-state index in [1.54, 1.807) is 0 Å². The highest BCUT2D eigenvalue weighted by molar-refractivity contribution is 6.30. The molecule has 0 saturated carbocycles. The fourth-order valence-corrected chi connectivity index (χ4v) is 3.38. The summed E-state index contributed by atoms with van der Waals surface area (Å²) >= 11 is 5.72. The SMILES string of the molecule is O=C(Cn1c(=O)n(Cc2ccc(F)cc2)c(=O)c2cccnc21)Nc1ccc(Cl)cc1F. The third-order valence-corrected chi connectivity index (χ3v) is 4.98. The van der Waals surface area contributed by atoms with Gasteiger partial charge in [0.15, 0.2) is 0 Å². The molecule has 162 valence electrons. The number of aromatic nitrogens is 3. The van der Waals surface area contributed by atoms with Crippen molar-refractivity contribution in [1.29, 1.82) is 0 Å². The van der Waals surface area contributed by atoms with Gasteiger partial charge in [-0.3, -0.25) is 18.7 Å². The molecule has 0 atom stereocenters. The number of hydrogen-bond acceptors (Lipinski definition) is 4. The maximum atomic E-state index is 14.0. The van der Waals surface area contributed by atoms with E-state index in [9.17, 15) is 23.2 Å². The Kier molecular flexibility index (Phi) is 5.83. The van der Waals surface area contributed by atoms with Crippen LogP contribution in [0.2, 0.25) is 5.02 Å². The fraction of sp³-hybridized carbons (Fsp3) is 0.0909. The Bertz CT molecular complexity index is 1450. The molecule has 0 saturated heterocycles. The van der Waals surface area contributed by atoms with Crippen LogP contribution in [0.3, 0.4) is 0 Å². The zero-order valence-corrected chi connectivity index (χ0v) is 17.1. The van der Waals surface area contributed by atoms with Gasteiger partial charge in [0.1, 0.15) is 23.8 Å². The third-order valence-electron chi connectivity index (χ3n) is 4.74. The number of anilines is 1. The molecule has 0 radical (unpaired) electrons. The van der Waals surface area contributed by atoms with Crippen LogP contribution in [0, 0.1) is 11.6 Å². The Morgan fingerprint density at radius 2 is 1.78 bits per heavy atom. The van der Waals surface area contributed by atoms with Crippen molar-refractivity contribution in [3.8, 4) is 0 Å². The number of carbonyl (C=O) groups excluding carboxylic acids is 1. The van der Waals surface area contributed by atoms with Crippen LogP contribution < -0.4 is 16.6 Å². The number of carbonyl (C=O) groups is 1. The van der Waals surface area contributed by atoms with Gasteiger partial charge < -0.3 is 5.32 Å². The molecule has 0 spiro atoms. The maximum absolute atomic E-state index is 14.0. The lowest BCUT2D eigenvalue weighted by atomic mass is 10.2. The van der Waals surface area contributed by atoms with Crippen molar-refractivity contribution in [2.75, 3.05) is 5.32 Å². The van der Waals surface area contributed by atoms with Crippen LogP contribution in [0.1, 0.15) is 5.56 Å². The predicted octanol–water partition coefficient (Wildman–Crippen LogP) is 3.18. The first kappa shape index (κ1) is 21.4. The van der Waals surface area contributed by atoms with Crippen molar-refractivity contribution in [2.45, 2.75) is 13.1 Å². The summed E-state index contributed by atoms with van der Waals surface area (Å²) in [5, 5.41) is 2.67. The molecule has 2 heterocycles. The maximum Gasteiger partial charge on any atom is 0.333 e. The molecule has 4 aromatic rings. The van der Waals surface area contributed by atoms with Crippen molar-refractivity contribution < 1.29 is 13.6 Å². The topological polar surface area (TPSA) is 86.0 Å². The van der Waals surface area contributed by atoms with Crippen LogP contribution in [-0.2, 0) is 17.9 Å². The largest absolute Gasteiger partial charge is 0.333 e. The number of hydrogen-bond donors (Lipinski definition) is 1. The second kappa shape index (κ2) is 8.72. The minimum atomic E-state index is -0.780.